The second-order valence-electron chi connectivity index (χ2n) is 6.52. The Hall–Kier alpha value is -2.79. The molecule has 0 aliphatic carbocycles. The first-order valence-corrected chi connectivity index (χ1v) is 9.55. The number of anilines is 1. The Morgan fingerprint density at radius 2 is 1.63 bits per heavy atom. The molecule has 0 fully saturated rings. The number of nitrogens with zero attached hydrogens (tertiary/aromatic N) is 3. The monoisotopic (exact) mass is 377 g/mol. The van der Waals surface area contributed by atoms with E-state index in [2.05, 4.69) is 34.1 Å². The smallest absolute Gasteiger partial charge is 0.253 e. The van der Waals surface area contributed by atoms with Crippen molar-refractivity contribution in [3.63, 3.8) is 0 Å². The van der Waals surface area contributed by atoms with Gasteiger partial charge in [-0.25, -0.2) is 4.98 Å². The molecule has 0 aliphatic rings. The number of pyridine rings is 1. The fourth-order valence-corrected chi connectivity index (χ4v) is 3.43. The number of rotatable bonds is 6. The van der Waals surface area contributed by atoms with Gasteiger partial charge in [0, 0.05) is 50.0 Å². The van der Waals surface area contributed by atoms with Crippen molar-refractivity contribution in [2.24, 2.45) is 0 Å². The zero-order valence-electron chi connectivity index (χ0n) is 15.8. The summed E-state index contributed by atoms with van der Waals surface area (Å²) in [5, 5.41) is 0.940. The Balaban J connectivity index is 1.62. The maximum absolute atomic E-state index is 12.7. The van der Waals surface area contributed by atoms with E-state index in [4.69, 9.17) is 0 Å². The van der Waals surface area contributed by atoms with Crippen LogP contribution in [0.1, 0.15) is 15.9 Å². The summed E-state index contributed by atoms with van der Waals surface area (Å²) in [5.74, 6) is 0.0149. The van der Waals surface area contributed by atoms with E-state index < -0.39 is 0 Å². The summed E-state index contributed by atoms with van der Waals surface area (Å²) in [5.41, 5.74) is 2.94. The van der Waals surface area contributed by atoms with Crippen LogP contribution in [-0.2, 0) is 6.54 Å². The summed E-state index contributed by atoms with van der Waals surface area (Å²) in [6.07, 6.45) is 1.78. The highest BCUT2D eigenvalue weighted by Crippen LogP contribution is 2.26. The maximum atomic E-state index is 12.7. The van der Waals surface area contributed by atoms with E-state index in [0.29, 0.717) is 12.1 Å². The van der Waals surface area contributed by atoms with Gasteiger partial charge in [0.1, 0.15) is 5.03 Å². The van der Waals surface area contributed by atoms with Crippen LogP contribution in [0.25, 0.3) is 0 Å². The number of carbonyl (C=O) groups excluding carboxylic acids is 1. The van der Waals surface area contributed by atoms with Crippen LogP contribution in [0.2, 0.25) is 0 Å². The SMILES string of the molecule is CN(Cc1ccc(N(C)C)cc1)C(=O)c1ccc(Sc2ccccn2)cc1. The molecule has 5 heteroatoms. The highest BCUT2D eigenvalue weighted by atomic mass is 32.2. The molecule has 1 aromatic heterocycles. The largest absolute Gasteiger partial charge is 0.378 e. The van der Waals surface area contributed by atoms with Crippen LogP contribution in [0.4, 0.5) is 5.69 Å². The van der Waals surface area contributed by atoms with Crippen molar-refractivity contribution < 1.29 is 4.79 Å². The lowest BCUT2D eigenvalue weighted by atomic mass is 10.1. The number of hydrogen-bond acceptors (Lipinski definition) is 4. The second kappa shape index (κ2) is 8.73. The van der Waals surface area contributed by atoms with Gasteiger partial charge in [-0.2, -0.15) is 0 Å². The van der Waals surface area contributed by atoms with Gasteiger partial charge in [-0.3, -0.25) is 4.79 Å². The third kappa shape index (κ3) is 5.11. The van der Waals surface area contributed by atoms with Crippen LogP contribution < -0.4 is 4.90 Å². The first-order valence-electron chi connectivity index (χ1n) is 8.73. The number of hydrogen-bond donors (Lipinski definition) is 0. The third-order valence-electron chi connectivity index (χ3n) is 4.18. The lowest BCUT2D eigenvalue weighted by Crippen LogP contribution is -2.26. The Labute approximate surface area is 164 Å². The van der Waals surface area contributed by atoms with Gasteiger partial charge >= 0.3 is 0 Å². The normalized spacial score (nSPS) is 10.5. The molecule has 0 aliphatic heterocycles. The van der Waals surface area contributed by atoms with E-state index in [9.17, 15) is 4.79 Å². The van der Waals surface area contributed by atoms with Gasteiger partial charge in [0.2, 0.25) is 0 Å². The van der Waals surface area contributed by atoms with Gasteiger partial charge in [0.25, 0.3) is 5.91 Å². The first kappa shape index (κ1) is 19.0. The highest BCUT2D eigenvalue weighted by Gasteiger charge is 2.12. The van der Waals surface area contributed by atoms with Gasteiger partial charge in [0.05, 0.1) is 0 Å². The van der Waals surface area contributed by atoms with Crippen molar-refractivity contribution in [1.29, 1.82) is 0 Å². The minimum Gasteiger partial charge on any atom is -0.378 e. The van der Waals surface area contributed by atoms with Gasteiger partial charge in [-0.1, -0.05) is 30.0 Å². The van der Waals surface area contributed by atoms with Crippen molar-refractivity contribution in [1.82, 2.24) is 9.88 Å². The van der Waals surface area contributed by atoms with Crippen molar-refractivity contribution in [3.05, 3.63) is 84.1 Å². The molecule has 3 aromatic rings. The summed E-state index contributed by atoms with van der Waals surface area (Å²) in [6.45, 7) is 0.580. The summed E-state index contributed by atoms with van der Waals surface area (Å²) in [6, 6.07) is 21.8. The van der Waals surface area contributed by atoms with Crippen LogP contribution in [0.3, 0.4) is 0 Å². The fraction of sp³-hybridized carbons (Fsp3) is 0.182. The molecule has 1 amide bonds. The lowest BCUT2D eigenvalue weighted by Gasteiger charge is -2.18. The van der Waals surface area contributed by atoms with Crippen molar-refractivity contribution >= 4 is 23.4 Å². The number of aromatic nitrogens is 1. The molecule has 0 N–H and O–H groups in total. The number of amides is 1. The predicted octanol–water partition coefficient (Wildman–Crippen LogP) is 4.57. The predicted molar refractivity (Wildman–Crippen MR) is 111 cm³/mol. The van der Waals surface area contributed by atoms with E-state index in [1.54, 1.807) is 22.9 Å². The lowest BCUT2D eigenvalue weighted by molar-refractivity contribution is 0.0785. The van der Waals surface area contributed by atoms with Crippen molar-refractivity contribution in [2.75, 3.05) is 26.0 Å². The Morgan fingerprint density at radius 3 is 2.22 bits per heavy atom. The van der Waals surface area contributed by atoms with E-state index in [-0.39, 0.29) is 5.91 Å². The molecule has 0 radical (unpaired) electrons. The van der Waals surface area contributed by atoms with Crippen LogP contribution in [-0.4, -0.2) is 36.9 Å². The minimum atomic E-state index is 0.0149. The average molecular weight is 378 g/mol. The molecule has 0 bridgehead atoms. The molecule has 1 heterocycles. The molecule has 0 spiro atoms. The van der Waals surface area contributed by atoms with Gasteiger partial charge in [-0.05, 0) is 54.1 Å². The van der Waals surface area contributed by atoms with Crippen LogP contribution in [0.5, 0.6) is 0 Å². The van der Waals surface area contributed by atoms with E-state index >= 15 is 0 Å². The highest BCUT2D eigenvalue weighted by molar-refractivity contribution is 7.99. The topological polar surface area (TPSA) is 36.4 Å². The van der Waals surface area contributed by atoms with Gasteiger partial charge in [0.15, 0.2) is 0 Å². The quantitative estimate of drug-likeness (QED) is 0.630. The number of benzene rings is 2. The molecule has 27 heavy (non-hydrogen) atoms. The van der Waals surface area contributed by atoms with Crippen molar-refractivity contribution in [2.45, 2.75) is 16.5 Å². The van der Waals surface area contributed by atoms with E-state index in [1.807, 2.05) is 63.6 Å². The second-order valence-corrected chi connectivity index (χ2v) is 7.61. The van der Waals surface area contributed by atoms with Crippen LogP contribution in [0, 0.1) is 0 Å². The Morgan fingerprint density at radius 1 is 0.926 bits per heavy atom. The summed E-state index contributed by atoms with van der Waals surface area (Å²) >= 11 is 1.58. The average Bonchev–Trinajstić information content (AvgIpc) is 2.69. The zero-order chi connectivity index (χ0) is 19.2. The fourth-order valence-electron chi connectivity index (χ4n) is 2.66. The molecule has 138 valence electrons. The van der Waals surface area contributed by atoms with E-state index in [0.717, 1.165) is 21.2 Å². The third-order valence-corrected chi connectivity index (χ3v) is 5.14. The maximum Gasteiger partial charge on any atom is 0.253 e. The molecule has 0 saturated heterocycles. The first-order chi connectivity index (χ1) is 13.0. The number of carbonyl (C=O) groups is 1. The molecule has 4 nitrogen and oxygen atoms in total. The molecule has 0 saturated carbocycles. The van der Waals surface area contributed by atoms with Crippen molar-refractivity contribution in [3.8, 4) is 0 Å². The zero-order valence-corrected chi connectivity index (χ0v) is 16.6. The van der Waals surface area contributed by atoms with Crippen LogP contribution >= 0.6 is 11.8 Å². The molecule has 2 aromatic carbocycles. The summed E-state index contributed by atoms with van der Waals surface area (Å²) < 4.78 is 0. The molecule has 0 unspecified atom stereocenters. The van der Waals surface area contributed by atoms with Gasteiger partial charge in [-0.15, -0.1) is 0 Å². The molecular weight excluding hydrogens is 354 g/mol. The molecule has 3 rings (SSSR count). The van der Waals surface area contributed by atoms with Crippen LogP contribution in [0.15, 0.2) is 82.8 Å². The Kier molecular flexibility index (Phi) is 6.14. The summed E-state index contributed by atoms with van der Waals surface area (Å²) in [7, 11) is 5.86. The van der Waals surface area contributed by atoms with E-state index in [1.165, 1.54) is 0 Å². The molecular formula is C22H23N3OS. The Bertz CT molecular complexity index is 878. The van der Waals surface area contributed by atoms with Gasteiger partial charge < -0.3 is 9.80 Å². The summed E-state index contributed by atoms with van der Waals surface area (Å²) in [4.78, 5) is 21.9. The molecule has 0 atom stereocenters. The standard InChI is InChI=1S/C22H23N3OS/c1-24(2)19-11-7-17(8-12-19)16-25(3)22(26)18-9-13-20(14-10-18)27-21-6-4-5-15-23-21/h4-15H,16H2,1-3H3. The minimum absolute atomic E-state index is 0.0149.